The molecule has 3 aromatic rings. The van der Waals surface area contributed by atoms with Crippen molar-refractivity contribution < 1.29 is 49.5 Å². The first-order valence-corrected chi connectivity index (χ1v) is 9.31. The molecule has 0 aliphatic heterocycles. The van der Waals surface area contributed by atoms with Crippen LogP contribution in [0.15, 0.2) is 41.7 Å². The molecule has 2 aromatic heterocycles. The fraction of sp³-hybridized carbons (Fsp3) is 0.333. The molecule has 0 spiro atoms. The summed E-state index contributed by atoms with van der Waals surface area (Å²) >= 11 is 0. The van der Waals surface area contributed by atoms with Crippen LogP contribution in [-0.4, -0.2) is 32.2 Å². The number of benzene rings is 1. The maximum absolute atomic E-state index is 13.2. The van der Waals surface area contributed by atoms with Crippen molar-refractivity contribution in [2.45, 2.75) is 36.1 Å². The average molecular weight is 399 g/mol. The summed E-state index contributed by atoms with van der Waals surface area (Å²) in [6, 6.07) is 9.49. The SMILES string of the molecule is COc1ccnc2c1CCCC[C@H]2S(=O)c1nc2ccccc2[n-]1.O.O.[Na+]. The molecule has 0 fully saturated rings. The number of hydrogen-bond donors (Lipinski definition) is 0. The zero-order valence-electron chi connectivity index (χ0n) is 15.4. The van der Waals surface area contributed by atoms with E-state index >= 15 is 0 Å². The number of rotatable bonds is 3. The predicted octanol–water partition coefficient (Wildman–Crippen LogP) is -1.47. The van der Waals surface area contributed by atoms with E-state index in [-0.39, 0.29) is 45.8 Å². The van der Waals surface area contributed by atoms with Crippen LogP contribution >= 0.6 is 0 Å². The topological polar surface area (TPSA) is 129 Å². The van der Waals surface area contributed by atoms with E-state index in [1.54, 1.807) is 13.3 Å². The van der Waals surface area contributed by atoms with E-state index in [4.69, 9.17) is 4.74 Å². The fourth-order valence-corrected chi connectivity index (χ4v) is 4.71. The maximum Gasteiger partial charge on any atom is 1.00 e. The molecule has 4 rings (SSSR count). The van der Waals surface area contributed by atoms with Crippen LogP contribution in [0.5, 0.6) is 5.75 Å². The Labute approximate surface area is 182 Å². The second-order valence-electron chi connectivity index (χ2n) is 5.90. The second kappa shape index (κ2) is 10.3. The maximum atomic E-state index is 13.2. The van der Waals surface area contributed by atoms with Crippen LogP contribution < -0.4 is 39.3 Å². The molecule has 0 radical (unpaired) electrons. The normalized spacial score (nSPS) is 16.7. The molecule has 140 valence electrons. The summed E-state index contributed by atoms with van der Waals surface area (Å²) in [7, 11) is 0.341. The van der Waals surface area contributed by atoms with Gasteiger partial charge in [-0.25, -0.2) is 0 Å². The van der Waals surface area contributed by atoms with E-state index in [0.29, 0.717) is 5.16 Å². The number of methoxy groups -OCH3 is 1. The summed E-state index contributed by atoms with van der Waals surface area (Å²) in [5.74, 6) is 0.831. The average Bonchev–Trinajstić information content (AvgIpc) is 2.93. The van der Waals surface area contributed by atoms with Crippen LogP contribution in [0.4, 0.5) is 0 Å². The van der Waals surface area contributed by atoms with Crippen molar-refractivity contribution in [2.75, 3.05) is 7.11 Å². The van der Waals surface area contributed by atoms with Gasteiger partial charge < -0.3 is 25.7 Å². The largest absolute Gasteiger partial charge is 1.00 e. The van der Waals surface area contributed by atoms with Gasteiger partial charge in [-0.3, -0.25) is 9.19 Å². The summed E-state index contributed by atoms with van der Waals surface area (Å²) in [5.41, 5.74) is 3.52. The predicted molar refractivity (Wildman–Crippen MR) is 99.8 cm³/mol. The Hall–Kier alpha value is -1.29. The molecule has 0 saturated carbocycles. The van der Waals surface area contributed by atoms with Crippen LogP contribution in [0.3, 0.4) is 0 Å². The number of aromatic nitrogens is 3. The number of fused-ring (bicyclic) bond motifs is 2. The van der Waals surface area contributed by atoms with Gasteiger partial charge >= 0.3 is 29.6 Å². The second-order valence-corrected chi connectivity index (χ2v) is 7.43. The number of pyridine rings is 1. The summed E-state index contributed by atoms with van der Waals surface area (Å²) in [4.78, 5) is 13.5. The van der Waals surface area contributed by atoms with Crippen LogP contribution in [0.2, 0.25) is 0 Å². The van der Waals surface area contributed by atoms with Gasteiger partial charge in [-0.05, 0) is 36.4 Å². The zero-order chi connectivity index (χ0) is 16.5. The molecule has 4 N–H and O–H groups in total. The molecular formula is C18H22N3NaO4S. The molecule has 2 heterocycles. The summed E-state index contributed by atoms with van der Waals surface area (Å²) < 4.78 is 18.7. The van der Waals surface area contributed by atoms with E-state index in [1.165, 1.54) is 0 Å². The van der Waals surface area contributed by atoms with Crippen molar-refractivity contribution in [1.29, 1.82) is 0 Å². The number of ether oxygens (including phenoxy) is 1. The molecule has 1 aliphatic carbocycles. The van der Waals surface area contributed by atoms with Gasteiger partial charge in [-0.2, -0.15) is 0 Å². The Morgan fingerprint density at radius 1 is 1.19 bits per heavy atom. The van der Waals surface area contributed by atoms with Crippen LogP contribution in [0.25, 0.3) is 11.0 Å². The summed E-state index contributed by atoms with van der Waals surface area (Å²) in [5, 5.41) is 0.216. The van der Waals surface area contributed by atoms with Crippen LogP contribution in [-0.2, 0) is 17.2 Å². The van der Waals surface area contributed by atoms with Crippen LogP contribution in [0, 0.1) is 0 Å². The number of hydrogen-bond acceptors (Lipinski definition) is 4. The van der Waals surface area contributed by atoms with Gasteiger partial charge in [0.25, 0.3) is 0 Å². The van der Waals surface area contributed by atoms with Crippen LogP contribution in [0.1, 0.15) is 35.8 Å². The van der Waals surface area contributed by atoms with Crippen molar-refractivity contribution in [1.82, 2.24) is 15.0 Å². The molecule has 0 bridgehead atoms. The van der Waals surface area contributed by atoms with Crippen molar-refractivity contribution in [2.24, 2.45) is 0 Å². The van der Waals surface area contributed by atoms with E-state index in [0.717, 1.165) is 53.7 Å². The number of imidazole rings is 1. The molecule has 2 atom stereocenters. The van der Waals surface area contributed by atoms with Crippen molar-refractivity contribution in [3.63, 3.8) is 0 Å². The number of para-hydroxylation sites is 2. The Kier molecular flexibility index (Phi) is 9.07. The molecular weight excluding hydrogens is 377 g/mol. The summed E-state index contributed by atoms with van der Waals surface area (Å²) in [6.07, 6.45) is 5.52. The first kappa shape index (κ1) is 23.7. The third-order valence-electron chi connectivity index (χ3n) is 4.47. The molecule has 9 heteroatoms. The molecule has 0 amide bonds. The van der Waals surface area contributed by atoms with Gasteiger partial charge in [-0.15, -0.1) is 0 Å². The van der Waals surface area contributed by atoms with E-state index in [1.807, 2.05) is 30.3 Å². The third kappa shape index (κ3) is 4.59. The first-order chi connectivity index (χ1) is 11.8. The molecule has 1 aliphatic rings. The first-order valence-electron chi connectivity index (χ1n) is 8.09. The minimum absolute atomic E-state index is 0. The molecule has 7 nitrogen and oxygen atoms in total. The molecule has 0 saturated heterocycles. The number of nitrogens with zero attached hydrogens (tertiary/aromatic N) is 3. The van der Waals surface area contributed by atoms with E-state index < -0.39 is 10.8 Å². The molecule has 27 heavy (non-hydrogen) atoms. The van der Waals surface area contributed by atoms with Crippen molar-refractivity contribution >= 4 is 21.8 Å². The standard InChI is InChI=1S/C18H18N3O2S.Na.2H2O/c1-23-15-10-11-19-17-12(15)6-2-5-9-16(17)24(22)18-20-13-7-3-4-8-14(13)21-18;;;/h3-4,7-8,10-11,16H,2,5-6,9H2,1H3;;2*1H2/q-1;+1;;/t16-,24?;;;/m1.../s1. The quantitative estimate of drug-likeness (QED) is 0.392. The molecule has 1 unspecified atom stereocenters. The molecule has 1 aromatic carbocycles. The summed E-state index contributed by atoms with van der Waals surface area (Å²) in [6.45, 7) is 0. The van der Waals surface area contributed by atoms with Gasteiger partial charge in [0, 0.05) is 16.9 Å². The minimum atomic E-state index is -1.33. The fourth-order valence-electron chi connectivity index (χ4n) is 3.29. The van der Waals surface area contributed by atoms with Gasteiger partial charge in [0.05, 0.1) is 28.9 Å². The smallest absolute Gasteiger partial charge is 0.496 e. The third-order valence-corrected chi connectivity index (χ3v) is 5.98. The Morgan fingerprint density at radius 3 is 2.70 bits per heavy atom. The van der Waals surface area contributed by atoms with Gasteiger partial charge in [0.2, 0.25) is 0 Å². The Morgan fingerprint density at radius 2 is 1.96 bits per heavy atom. The van der Waals surface area contributed by atoms with E-state index in [2.05, 4.69) is 15.0 Å². The Balaban J connectivity index is 0.00000121. The van der Waals surface area contributed by atoms with E-state index in [9.17, 15) is 4.21 Å². The minimum Gasteiger partial charge on any atom is -0.496 e. The Bertz CT molecular complexity index is 886. The van der Waals surface area contributed by atoms with Gasteiger partial charge in [0.1, 0.15) is 5.75 Å². The van der Waals surface area contributed by atoms with Crippen molar-refractivity contribution in [3.05, 3.63) is 47.8 Å². The monoisotopic (exact) mass is 399 g/mol. The van der Waals surface area contributed by atoms with Gasteiger partial charge in [-0.1, -0.05) is 30.7 Å². The zero-order valence-corrected chi connectivity index (χ0v) is 18.3. The van der Waals surface area contributed by atoms with Crippen molar-refractivity contribution in [3.8, 4) is 5.75 Å². The van der Waals surface area contributed by atoms with Gasteiger partial charge in [0.15, 0.2) is 0 Å².